The molecule has 1 aliphatic heterocycles. The molecule has 0 radical (unpaired) electrons. The minimum Gasteiger partial charge on any atom is -0.392 e. The second kappa shape index (κ2) is 7.17. The summed E-state index contributed by atoms with van der Waals surface area (Å²) in [5, 5.41) is 9.61. The Balaban J connectivity index is 2.38. The van der Waals surface area contributed by atoms with E-state index in [9.17, 15) is 5.11 Å². The summed E-state index contributed by atoms with van der Waals surface area (Å²) in [4.78, 5) is 2.34. The van der Waals surface area contributed by atoms with Crippen molar-refractivity contribution in [2.45, 2.75) is 37.8 Å². The third-order valence-electron chi connectivity index (χ3n) is 3.04. The Labute approximate surface area is 92.4 Å². The first-order valence-electron chi connectivity index (χ1n) is 5.89. The Morgan fingerprint density at radius 1 is 1.60 bits per heavy atom. The quantitative estimate of drug-likeness (QED) is 0.666. The van der Waals surface area contributed by atoms with Gasteiger partial charge in [-0.3, -0.25) is 4.90 Å². The van der Waals surface area contributed by atoms with Crippen molar-refractivity contribution in [1.29, 1.82) is 0 Å². The molecule has 0 aromatic carbocycles. The van der Waals surface area contributed by atoms with Gasteiger partial charge in [-0.1, -0.05) is 0 Å². The number of nitrogens with two attached hydrogens (primary N) is 1. The molecule has 1 heterocycles. The van der Waals surface area contributed by atoms with Crippen molar-refractivity contribution in [2.75, 3.05) is 33.4 Å². The number of ether oxygens (including phenoxy) is 1. The average Bonchev–Trinajstić information content (AvgIpc) is 2.24. The summed E-state index contributed by atoms with van der Waals surface area (Å²) in [6.07, 6.45) is 3.96. The number of hydrogen-bond donors (Lipinski definition) is 2. The first-order chi connectivity index (χ1) is 7.27. The predicted octanol–water partition coefficient (Wildman–Crippen LogP) is 0.197. The molecule has 0 amide bonds. The largest absolute Gasteiger partial charge is 0.392 e. The number of aliphatic hydroxyl groups is 1. The molecule has 0 bridgehead atoms. The highest BCUT2D eigenvalue weighted by Gasteiger charge is 2.24. The smallest absolute Gasteiger partial charge is 0.0667 e. The van der Waals surface area contributed by atoms with Crippen LogP contribution in [0.1, 0.15) is 25.7 Å². The van der Waals surface area contributed by atoms with Crippen molar-refractivity contribution in [3.63, 3.8) is 0 Å². The lowest BCUT2D eigenvalue weighted by Crippen LogP contribution is -2.46. The van der Waals surface area contributed by atoms with E-state index >= 15 is 0 Å². The van der Waals surface area contributed by atoms with Gasteiger partial charge in [-0.15, -0.1) is 0 Å². The standard InChI is InChI=1S/C11H24N2O2/c1-15-9-10(4-2-6-12)13-7-3-5-11(14)8-13/h10-11,14H,2-9,12H2,1H3. The molecular formula is C11H24N2O2. The Morgan fingerprint density at radius 2 is 2.40 bits per heavy atom. The van der Waals surface area contributed by atoms with Gasteiger partial charge in [-0.25, -0.2) is 0 Å². The van der Waals surface area contributed by atoms with Crippen molar-refractivity contribution in [2.24, 2.45) is 5.73 Å². The molecule has 15 heavy (non-hydrogen) atoms. The molecule has 4 nitrogen and oxygen atoms in total. The van der Waals surface area contributed by atoms with Crippen LogP contribution in [0.25, 0.3) is 0 Å². The number of nitrogens with zero attached hydrogens (tertiary/aromatic N) is 1. The number of likely N-dealkylation sites (tertiary alicyclic amines) is 1. The molecule has 0 aliphatic carbocycles. The van der Waals surface area contributed by atoms with E-state index in [0.717, 1.165) is 51.9 Å². The lowest BCUT2D eigenvalue weighted by atomic mass is 10.0. The van der Waals surface area contributed by atoms with E-state index in [-0.39, 0.29) is 6.10 Å². The van der Waals surface area contributed by atoms with E-state index in [4.69, 9.17) is 10.5 Å². The maximum atomic E-state index is 9.61. The summed E-state index contributed by atoms with van der Waals surface area (Å²) in [6, 6.07) is 0.425. The van der Waals surface area contributed by atoms with Crippen LogP contribution in [0.5, 0.6) is 0 Å². The number of rotatable bonds is 6. The van der Waals surface area contributed by atoms with Gasteiger partial charge in [0.25, 0.3) is 0 Å². The zero-order valence-corrected chi connectivity index (χ0v) is 9.69. The average molecular weight is 216 g/mol. The van der Waals surface area contributed by atoms with Gasteiger partial charge in [0.1, 0.15) is 0 Å². The molecule has 1 fully saturated rings. The number of piperidine rings is 1. The first-order valence-corrected chi connectivity index (χ1v) is 5.89. The molecule has 0 saturated carbocycles. The van der Waals surface area contributed by atoms with Crippen molar-refractivity contribution in [3.8, 4) is 0 Å². The Kier molecular flexibility index (Phi) is 6.17. The van der Waals surface area contributed by atoms with Crippen molar-refractivity contribution in [1.82, 2.24) is 4.90 Å². The van der Waals surface area contributed by atoms with Crippen LogP contribution >= 0.6 is 0 Å². The molecule has 1 rings (SSSR count). The molecule has 0 aromatic heterocycles. The van der Waals surface area contributed by atoms with E-state index in [2.05, 4.69) is 4.90 Å². The number of β-amino-alcohol motifs (C(OH)–C–C–N with tert-alkyl or cyclic N) is 1. The van der Waals surface area contributed by atoms with Crippen LogP contribution in [0.2, 0.25) is 0 Å². The Hall–Kier alpha value is -0.160. The van der Waals surface area contributed by atoms with E-state index in [1.165, 1.54) is 0 Å². The molecule has 1 saturated heterocycles. The van der Waals surface area contributed by atoms with Crippen LogP contribution in [0, 0.1) is 0 Å². The van der Waals surface area contributed by atoms with Crippen molar-refractivity contribution >= 4 is 0 Å². The number of aliphatic hydroxyl groups excluding tert-OH is 1. The van der Waals surface area contributed by atoms with E-state index in [1.54, 1.807) is 7.11 Å². The summed E-state index contributed by atoms with van der Waals surface area (Å²) in [5.74, 6) is 0. The van der Waals surface area contributed by atoms with Gasteiger partial charge in [0, 0.05) is 19.7 Å². The maximum absolute atomic E-state index is 9.61. The Bertz CT molecular complexity index is 167. The van der Waals surface area contributed by atoms with Crippen LogP contribution < -0.4 is 5.73 Å². The van der Waals surface area contributed by atoms with Gasteiger partial charge in [-0.05, 0) is 38.8 Å². The van der Waals surface area contributed by atoms with Gasteiger partial charge in [0.15, 0.2) is 0 Å². The molecule has 0 aromatic rings. The zero-order chi connectivity index (χ0) is 11.1. The predicted molar refractivity (Wildman–Crippen MR) is 60.8 cm³/mol. The highest BCUT2D eigenvalue weighted by molar-refractivity contribution is 4.78. The van der Waals surface area contributed by atoms with Crippen LogP contribution in [0.4, 0.5) is 0 Å². The second-order valence-electron chi connectivity index (χ2n) is 4.33. The van der Waals surface area contributed by atoms with Gasteiger partial charge >= 0.3 is 0 Å². The van der Waals surface area contributed by atoms with Crippen LogP contribution in [0.15, 0.2) is 0 Å². The van der Waals surface area contributed by atoms with Gasteiger partial charge in [0.2, 0.25) is 0 Å². The minimum atomic E-state index is -0.156. The summed E-state index contributed by atoms with van der Waals surface area (Å²) >= 11 is 0. The number of methoxy groups -OCH3 is 1. The molecule has 4 heteroatoms. The monoisotopic (exact) mass is 216 g/mol. The molecule has 90 valence electrons. The first kappa shape index (κ1) is 12.9. The summed E-state index contributed by atoms with van der Waals surface area (Å²) in [5.41, 5.74) is 5.52. The summed E-state index contributed by atoms with van der Waals surface area (Å²) in [7, 11) is 1.73. The molecule has 0 spiro atoms. The third kappa shape index (κ3) is 4.47. The SMILES string of the molecule is COCC(CCCN)N1CCCC(O)C1. The highest BCUT2D eigenvalue weighted by Crippen LogP contribution is 2.16. The lowest BCUT2D eigenvalue weighted by Gasteiger charge is -2.36. The van der Waals surface area contributed by atoms with Gasteiger partial charge in [-0.2, -0.15) is 0 Å². The number of hydrogen-bond acceptors (Lipinski definition) is 4. The van der Waals surface area contributed by atoms with Gasteiger partial charge < -0.3 is 15.6 Å². The minimum absolute atomic E-state index is 0.156. The lowest BCUT2D eigenvalue weighted by molar-refractivity contribution is 0.0166. The molecule has 2 unspecified atom stereocenters. The fraction of sp³-hybridized carbons (Fsp3) is 1.00. The summed E-state index contributed by atoms with van der Waals surface area (Å²) in [6.45, 7) is 3.34. The van der Waals surface area contributed by atoms with E-state index in [0.29, 0.717) is 6.04 Å². The van der Waals surface area contributed by atoms with E-state index in [1.807, 2.05) is 0 Å². The fourth-order valence-corrected chi connectivity index (χ4v) is 2.23. The molecule has 2 atom stereocenters. The second-order valence-corrected chi connectivity index (χ2v) is 4.33. The van der Waals surface area contributed by atoms with Gasteiger partial charge in [0.05, 0.1) is 12.7 Å². The highest BCUT2D eigenvalue weighted by atomic mass is 16.5. The topological polar surface area (TPSA) is 58.7 Å². The maximum Gasteiger partial charge on any atom is 0.0667 e. The molecular weight excluding hydrogens is 192 g/mol. The van der Waals surface area contributed by atoms with Crippen LogP contribution in [0.3, 0.4) is 0 Å². The Morgan fingerprint density at radius 3 is 3.00 bits per heavy atom. The third-order valence-corrected chi connectivity index (χ3v) is 3.04. The summed E-state index contributed by atoms with van der Waals surface area (Å²) < 4.78 is 5.23. The van der Waals surface area contributed by atoms with Crippen molar-refractivity contribution in [3.05, 3.63) is 0 Å². The molecule has 1 aliphatic rings. The van der Waals surface area contributed by atoms with Crippen LogP contribution in [-0.2, 0) is 4.74 Å². The fourth-order valence-electron chi connectivity index (χ4n) is 2.23. The normalized spacial score (nSPS) is 25.4. The zero-order valence-electron chi connectivity index (χ0n) is 9.69. The van der Waals surface area contributed by atoms with Crippen LogP contribution in [-0.4, -0.2) is 55.5 Å². The van der Waals surface area contributed by atoms with E-state index < -0.39 is 0 Å². The molecule has 3 N–H and O–H groups in total. The van der Waals surface area contributed by atoms with Crippen molar-refractivity contribution < 1.29 is 9.84 Å².